The van der Waals surface area contributed by atoms with Gasteiger partial charge in [-0.2, -0.15) is 4.98 Å². The highest BCUT2D eigenvalue weighted by atomic mass is 32.2. The first-order valence-corrected chi connectivity index (χ1v) is 10.2. The van der Waals surface area contributed by atoms with E-state index in [0.717, 1.165) is 0 Å². The maximum absolute atomic E-state index is 12.2. The number of hydrogen-bond acceptors (Lipinski definition) is 6. The fourth-order valence-corrected chi connectivity index (χ4v) is 3.04. The third-order valence-electron chi connectivity index (χ3n) is 3.47. The largest absolute Gasteiger partial charge is 0.352 e. The van der Waals surface area contributed by atoms with Crippen LogP contribution in [0.1, 0.15) is 53.8 Å². The Morgan fingerprint density at radius 3 is 2.72 bits per heavy atom. The van der Waals surface area contributed by atoms with Gasteiger partial charge in [0, 0.05) is 30.7 Å². The van der Waals surface area contributed by atoms with E-state index in [2.05, 4.69) is 15.5 Å². The summed E-state index contributed by atoms with van der Waals surface area (Å²) in [7, 11) is -3.13. The van der Waals surface area contributed by atoms with E-state index >= 15 is 0 Å². The summed E-state index contributed by atoms with van der Waals surface area (Å²) in [5.41, 5.74) is 1.04. The van der Waals surface area contributed by atoms with Gasteiger partial charge in [-0.05, 0) is 24.1 Å². The molecule has 0 spiro atoms. The van der Waals surface area contributed by atoms with Crippen molar-refractivity contribution < 1.29 is 17.7 Å². The van der Waals surface area contributed by atoms with Gasteiger partial charge in [0.25, 0.3) is 5.91 Å². The highest BCUT2D eigenvalue weighted by Crippen LogP contribution is 2.11. The first kappa shape index (κ1) is 19.1. The minimum absolute atomic E-state index is 0.0799. The van der Waals surface area contributed by atoms with Crippen molar-refractivity contribution in [3.8, 4) is 0 Å². The number of sulfone groups is 1. The van der Waals surface area contributed by atoms with Gasteiger partial charge in [-0.3, -0.25) is 4.79 Å². The van der Waals surface area contributed by atoms with Crippen LogP contribution in [0.3, 0.4) is 0 Å². The normalized spacial score (nSPS) is 11.7. The maximum atomic E-state index is 12.2. The first-order valence-electron chi connectivity index (χ1n) is 8.12. The third-order valence-corrected chi connectivity index (χ3v) is 4.33. The number of amides is 1. The average Bonchev–Trinajstić information content (AvgIpc) is 2.99. The standard InChI is InChI=1S/C17H23N3O4S/c1-12(2)16-19-15(24-20-16)8-5-9-18-17(21)14-7-4-6-13(10-14)11-25(3,22)23/h4,6-7,10,12H,5,8-9,11H2,1-3H3,(H,18,21). The molecular weight excluding hydrogens is 342 g/mol. The molecule has 7 nitrogen and oxygen atoms in total. The summed E-state index contributed by atoms with van der Waals surface area (Å²) in [5.74, 6) is 1.15. The highest BCUT2D eigenvalue weighted by molar-refractivity contribution is 7.89. The zero-order valence-electron chi connectivity index (χ0n) is 14.7. The molecule has 1 N–H and O–H groups in total. The molecule has 0 unspecified atom stereocenters. The molecule has 0 bridgehead atoms. The number of benzene rings is 1. The number of aromatic nitrogens is 2. The lowest BCUT2D eigenvalue weighted by Crippen LogP contribution is -2.25. The predicted molar refractivity (Wildman–Crippen MR) is 94.0 cm³/mol. The molecule has 8 heteroatoms. The molecule has 0 atom stereocenters. The molecule has 1 heterocycles. The van der Waals surface area contributed by atoms with E-state index in [4.69, 9.17) is 4.52 Å². The lowest BCUT2D eigenvalue weighted by Gasteiger charge is -2.06. The molecule has 1 aromatic carbocycles. The Bertz CT molecular complexity index is 828. The number of hydrogen-bond donors (Lipinski definition) is 1. The lowest BCUT2D eigenvalue weighted by atomic mass is 10.1. The van der Waals surface area contributed by atoms with E-state index in [0.29, 0.717) is 42.2 Å². The number of nitrogens with zero attached hydrogens (tertiary/aromatic N) is 2. The Morgan fingerprint density at radius 2 is 2.08 bits per heavy atom. The van der Waals surface area contributed by atoms with Crippen molar-refractivity contribution in [1.82, 2.24) is 15.5 Å². The van der Waals surface area contributed by atoms with Gasteiger partial charge in [0.05, 0.1) is 5.75 Å². The van der Waals surface area contributed by atoms with Crippen LogP contribution in [0.25, 0.3) is 0 Å². The van der Waals surface area contributed by atoms with Gasteiger partial charge in [0.1, 0.15) is 0 Å². The van der Waals surface area contributed by atoms with Crippen LogP contribution < -0.4 is 5.32 Å². The minimum Gasteiger partial charge on any atom is -0.352 e. The summed E-state index contributed by atoms with van der Waals surface area (Å²) in [5, 5.41) is 6.70. The lowest BCUT2D eigenvalue weighted by molar-refractivity contribution is 0.0952. The van der Waals surface area contributed by atoms with Crippen LogP contribution in [0.15, 0.2) is 28.8 Å². The van der Waals surface area contributed by atoms with Gasteiger partial charge in [-0.1, -0.05) is 31.1 Å². The molecular formula is C17H23N3O4S. The van der Waals surface area contributed by atoms with Gasteiger partial charge < -0.3 is 9.84 Å². The van der Waals surface area contributed by atoms with Crippen molar-refractivity contribution in [3.05, 3.63) is 47.1 Å². The molecule has 136 valence electrons. The van der Waals surface area contributed by atoms with Crippen molar-refractivity contribution >= 4 is 15.7 Å². The van der Waals surface area contributed by atoms with Crippen molar-refractivity contribution in [2.75, 3.05) is 12.8 Å². The average molecular weight is 365 g/mol. The number of rotatable bonds is 8. The van der Waals surface area contributed by atoms with Crippen LogP contribution in [0.2, 0.25) is 0 Å². The number of aryl methyl sites for hydroxylation is 1. The van der Waals surface area contributed by atoms with Gasteiger partial charge >= 0.3 is 0 Å². The van der Waals surface area contributed by atoms with Gasteiger partial charge in [0.15, 0.2) is 15.7 Å². The second-order valence-electron chi connectivity index (χ2n) is 6.33. The Labute approximate surface area is 147 Å². The van der Waals surface area contributed by atoms with Gasteiger partial charge in [-0.15, -0.1) is 0 Å². The zero-order chi connectivity index (χ0) is 18.4. The number of carbonyl (C=O) groups excluding carboxylic acids is 1. The first-order chi connectivity index (χ1) is 11.7. The Kier molecular flexibility index (Phi) is 6.30. The van der Waals surface area contributed by atoms with Crippen molar-refractivity contribution in [2.45, 2.75) is 38.4 Å². The van der Waals surface area contributed by atoms with E-state index in [1.165, 1.54) is 6.26 Å². The van der Waals surface area contributed by atoms with E-state index in [-0.39, 0.29) is 17.6 Å². The van der Waals surface area contributed by atoms with E-state index < -0.39 is 9.84 Å². The second kappa shape index (κ2) is 8.24. The fraction of sp³-hybridized carbons (Fsp3) is 0.471. The molecule has 0 saturated heterocycles. The van der Waals surface area contributed by atoms with Crippen molar-refractivity contribution in [1.29, 1.82) is 0 Å². The number of carbonyl (C=O) groups is 1. The molecule has 0 radical (unpaired) electrons. The van der Waals surface area contributed by atoms with Crippen LogP contribution in [-0.4, -0.2) is 37.3 Å². The maximum Gasteiger partial charge on any atom is 0.251 e. The monoisotopic (exact) mass is 365 g/mol. The topological polar surface area (TPSA) is 102 Å². The molecule has 25 heavy (non-hydrogen) atoms. The fourth-order valence-electron chi connectivity index (χ4n) is 2.25. The molecule has 1 amide bonds. The van der Waals surface area contributed by atoms with Crippen LogP contribution in [-0.2, 0) is 22.0 Å². The summed E-state index contributed by atoms with van der Waals surface area (Å²) in [4.78, 5) is 16.4. The van der Waals surface area contributed by atoms with Crippen molar-refractivity contribution in [3.63, 3.8) is 0 Å². The van der Waals surface area contributed by atoms with Gasteiger partial charge in [-0.25, -0.2) is 8.42 Å². The van der Waals surface area contributed by atoms with E-state index in [1.807, 2.05) is 13.8 Å². The van der Waals surface area contributed by atoms with Crippen LogP contribution in [0, 0.1) is 0 Å². The summed E-state index contributed by atoms with van der Waals surface area (Å²) in [6, 6.07) is 6.64. The van der Waals surface area contributed by atoms with E-state index in [9.17, 15) is 13.2 Å². The molecule has 0 aliphatic rings. The summed E-state index contributed by atoms with van der Waals surface area (Å²) < 4.78 is 27.9. The smallest absolute Gasteiger partial charge is 0.251 e. The second-order valence-corrected chi connectivity index (χ2v) is 8.47. The van der Waals surface area contributed by atoms with Crippen molar-refractivity contribution in [2.24, 2.45) is 0 Å². The predicted octanol–water partition coefficient (Wildman–Crippen LogP) is 2.10. The van der Waals surface area contributed by atoms with Crippen LogP contribution in [0.4, 0.5) is 0 Å². The SMILES string of the molecule is CC(C)c1noc(CCCNC(=O)c2cccc(CS(C)(=O)=O)c2)n1. The highest BCUT2D eigenvalue weighted by Gasteiger charge is 2.11. The molecule has 0 saturated carbocycles. The Balaban J connectivity index is 1.82. The van der Waals surface area contributed by atoms with Crippen LogP contribution in [0.5, 0.6) is 0 Å². The summed E-state index contributed by atoms with van der Waals surface area (Å²) in [6.45, 7) is 4.45. The Morgan fingerprint density at radius 1 is 1.32 bits per heavy atom. The quantitative estimate of drug-likeness (QED) is 0.719. The van der Waals surface area contributed by atoms with Gasteiger partial charge in [0.2, 0.25) is 5.89 Å². The molecule has 0 aliphatic heterocycles. The summed E-state index contributed by atoms with van der Waals surface area (Å²) >= 11 is 0. The zero-order valence-corrected chi connectivity index (χ0v) is 15.5. The van der Waals surface area contributed by atoms with Crippen LogP contribution >= 0.6 is 0 Å². The molecule has 2 aromatic rings. The van der Waals surface area contributed by atoms with E-state index in [1.54, 1.807) is 24.3 Å². The number of nitrogens with one attached hydrogen (secondary N) is 1. The minimum atomic E-state index is -3.13. The Hall–Kier alpha value is -2.22. The molecule has 2 rings (SSSR count). The summed E-state index contributed by atoms with van der Waals surface area (Å²) in [6.07, 6.45) is 2.44. The third kappa shape index (κ3) is 6.30. The molecule has 1 aromatic heterocycles. The molecule has 0 aliphatic carbocycles. The molecule has 0 fully saturated rings.